The van der Waals surface area contributed by atoms with E-state index in [0.29, 0.717) is 29.8 Å². The van der Waals surface area contributed by atoms with Crippen LogP contribution in [0.1, 0.15) is 30.0 Å². The number of rotatable bonds is 6. The van der Waals surface area contributed by atoms with E-state index in [9.17, 15) is 19.5 Å². The number of aliphatic hydroxyl groups is 1. The molecule has 0 aliphatic carbocycles. The smallest absolute Gasteiger partial charge is 0.296 e. The van der Waals surface area contributed by atoms with Gasteiger partial charge in [-0.1, -0.05) is 55.0 Å². The number of ketones is 1. The summed E-state index contributed by atoms with van der Waals surface area (Å²) in [5.74, 6) is -2.47. The van der Waals surface area contributed by atoms with Crippen LogP contribution >= 0.6 is 0 Å². The molecule has 7 nitrogen and oxygen atoms in total. The lowest BCUT2D eigenvalue weighted by atomic mass is 9.82. The summed E-state index contributed by atoms with van der Waals surface area (Å²) in [5.41, 5.74) is 0.583. The normalized spacial score (nSPS) is 21.7. The number of carbonyl (C=O) groups is 3. The maximum atomic E-state index is 14.0. The molecule has 1 N–H and O–H groups in total. The Morgan fingerprint density at radius 2 is 1.72 bits per heavy atom. The predicted octanol–water partition coefficient (Wildman–Crippen LogP) is 2.97. The van der Waals surface area contributed by atoms with Crippen molar-refractivity contribution in [3.05, 3.63) is 70.8 Å². The summed E-state index contributed by atoms with van der Waals surface area (Å²) in [5, 5.41) is 11.3. The van der Waals surface area contributed by atoms with Gasteiger partial charge >= 0.3 is 0 Å². The van der Waals surface area contributed by atoms with E-state index >= 15 is 0 Å². The number of amides is 2. The second-order valence-electron chi connectivity index (χ2n) is 8.05. The summed E-state index contributed by atoms with van der Waals surface area (Å²) in [6.45, 7) is 4.46. The summed E-state index contributed by atoms with van der Waals surface area (Å²) in [6.07, 6.45) is 0.694. The summed E-state index contributed by atoms with van der Waals surface area (Å²) in [4.78, 5) is 43.4. The number of likely N-dealkylation sites (tertiary alicyclic amines) is 1. The zero-order valence-electron chi connectivity index (χ0n) is 18.4. The van der Waals surface area contributed by atoms with Crippen LogP contribution in [0, 0.1) is 6.92 Å². The maximum Gasteiger partial charge on any atom is 0.296 e. The first-order chi connectivity index (χ1) is 15.4. The SMILES string of the molecule is CCCN1C(=O)C2(C(=C(O)c3ccc(C)cc3)C(=O)C(=O)N2CCOC)c2ccccc21. The first-order valence-electron chi connectivity index (χ1n) is 10.7. The molecule has 1 fully saturated rings. The topological polar surface area (TPSA) is 87.2 Å². The summed E-state index contributed by atoms with van der Waals surface area (Å²) >= 11 is 0. The van der Waals surface area contributed by atoms with E-state index in [1.54, 1.807) is 47.4 Å². The highest BCUT2D eigenvalue weighted by Crippen LogP contribution is 2.53. The molecule has 2 aromatic carbocycles. The van der Waals surface area contributed by atoms with Gasteiger partial charge in [0.1, 0.15) is 5.76 Å². The number of Topliss-reactive ketones (excluding diaryl/α,β-unsaturated/α-hetero) is 1. The molecule has 0 saturated carbocycles. The van der Waals surface area contributed by atoms with Crippen molar-refractivity contribution in [2.24, 2.45) is 0 Å². The summed E-state index contributed by atoms with van der Waals surface area (Å²) in [7, 11) is 1.49. The van der Waals surface area contributed by atoms with E-state index in [0.717, 1.165) is 5.56 Å². The van der Waals surface area contributed by atoms with Gasteiger partial charge in [-0.2, -0.15) is 0 Å². The van der Waals surface area contributed by atoms with Crippen LogP contribution in [0.15, 0.2) is 54.1 Å². The lowest BCUT2D eigenvalue weighted by Crippen LogP contribution is -2.52. The van der Waals surface area contributed by atoms with Gasteiger partial charge in [-0.15, -0.1) is 0 Å². The van der Waals surface area contributed by atoms with Crippen LogP contribution in [-0.4, -0.2) is 54.4 Å². The van der Waals surface area contributed by atoms with Crippen LogP contribution < -0.4 is 4.90 Å². The number of carbonyl (C=O) groups excluding carboxylic acids is 3. The van der Waals surface area contributed by atoms with E-state index in [4.69, 9.17) is 4.74 Å². The quantitative estimate of drug-likeness (QED) is 0.429. The molecular formula is C25H26N2O5. The third kappa shape index (κ3) is 2.96. The predicted molar refractivity (Wildman–Crippen MR) is 120 cm³/mol. The molecule has 2 aliphatic heterocycles. The zero-order valence-corrected chi connectivity index (χ0v) is 18.4. The average molecular weight is 434 g/mol. The number of para-hydroxylation sites is 1. The van der Waals surface area contributed by atoms with Crippen molar-refractivity contribution >= 4 is 29.0 Å². The lowest BCUT2D eigenvalue weighted by Gasteiger charge is -2.34. The number of aryl methyl sites for hydroxylation is 1. The Hall–Kier alpha value is -3.45. The lowest BCUT2D eigenvalue weighted by molar-refractivity contribution is -0.144. The van der Waals surface area contributed by atoms with Crippen LogP contribution in [0.25, 0.3) is 5.76 Å². The largest absolute Gasteiger partial charge is 0.507 e. The molecule has 0 bridgehead atoms. The average Bonchev–Trinajstić information content (AvgIpc) is 3.17. The Bertz CT molecular complexity index is 1120. The highest BCUT2D eigenvalue weighted by Gasteiger charge is 2.66. The highest BCUT2D eigenvalue weighted by molar-refractivity contribution is 6.50. The number of nitrogens with zero attached hydrogens (tertiary/aromatic N) is 2. The minimum atomic E-state index is -1.73. The number of fused-ring (bicyclic) bond motifs is 2. The van der Waals surface area contributed by atoms with Crippen molar-refractivity contribution in [2.75, 3.05) is 31.7 Å². The van der Waals surface area contributed by atoms with Gasteiger partial charge in [0.15, 0.2) is 5.54 Å². The van der Waals surface area contributed by atoms with Crippen LogP contribution in [0.3, 0.4) is 0 Å². The summed E-state index contributed by atoms with van der Waals surface area (Å²) < 4.78 is 5.17. The Morgan fingerprint density at radius 1 is 1.03 bits per heavy atom. The Balaban J connectivity index is 2.05. The molecule has 2 aliphatic rings. The van der Waals surface area contributed by atoms with Crippen molar-refractivity contribution in [3.8, 4) is 0 Å². The molecule has 0 radical (unpaired) electrons. The number of aliphatic hydroxyl groups excluding tert-OH is 1. The Morgan fingerprint density at radius 3 is 2.38 bits per heavy atom. The standard InChI is InChI=1S/C25H26N2O5/c1-4-13-26-19-8-6-5-7-18(19)25(24(26)31)20(21(28)17-11-9-16(2)10-12-17)22(29)23(30)27(25)14-15-32-3/h5-12,28H,4,13-15H2,1-3H3. The van der Waals surface area contributed by atoms with Crippen molar-refractivity contribution < 1.29 is 24.2 Å². The molecule has 32 heavy (non-hydrogen) atoms. The molecule has 7 heteroatoms. The Labute approximate surface area is 186 Å². The molecule has 0 aromatic heterocycles. The van der Waals surface area contributed by atoms with Gasteiger partial charge in [0.25, 0.3) is 17.6 Å². The highest BCUT2D eigenvalue weighted by atomic mass is 16.5. The number of ether oxygens (including phenoxy) is 1. The number of hydrogen-bond acceptors (Lipinski definition) is 5. The van der Waals surface area contributed by atoms with Gasteiger partial charge in [-0.25, -0.2) is 0 Å². The molecular weight excluding hydrogens is 408 g/mol. The van der Waals surface area contributed by atoms with Gasteiger partial charge < -0.3 is 19.6 Å². The van der Waals surface area contributed by atoms with Gasteiger partial charge in [0.05, 0.1) is 17.9 Å². The third-order valence-corrected chi connectivity index (χ3v) is 6.10. The third-order valence-electron chi connectivity index (χ3n) is 6.10. The van der Waals surface area contributed by atoms with Crippen molar-refractivity contribution in [3.63, 3.8) is 0 Å². The number of benzene rings is 2. The fourth-order valence-corrected chi connectivity index (χ4v) is 4.65. The van der Waals surface area contributed by atoms with E-state index < -0.39 is 23.1 Å². The van der Waals surface area contributed by atoms with E-state index in [2.05, 4.69) is 0 Å². The first kappa shape index (κ1) is 21.8. The van der Waals surface area contributed by atoms with Crippen molar-refractivity contribution in [2.45, 2.75) is 25.8 Å². The molecule has 4 rings (SSSR count). The van der Waals surface area contributed by atoms with Crippen LogP contribution in [-0.2, 0) is 24.7 Å². The second-order valence-corrected chi connectivity index (χ2v) is 8.05. The van der Waals surface area contributed by atoms with Gasteiger partial charge in [-0.3, -0.25) is 14.4 Å². The van der Waals surface area contributed by atoms with Crippen LogP contribution in [0.5, 0.6) is 0 Å². The van der Waals surface area contributed by atoms with E-state index in [-0.39, 0.29) is 24.5 Å². The molecule has 1 atom stereocenters. The van der Waals surface area contributed by atoms with Crippen LogP contribution in [0.4, 0.5) is 5.69 Å². The molecule has 1 spiro atoms. The van der Waals surface area contributed by atoms with Gasteiger partial charge in [0.2, 0.25) is 0 Å². The van der Waals surface area contributed by atoms with E-state index in [1.165, 1.54) is 12.0 Å². The van der Waals surface area contributed by atoms with Crippen LogP contribution in [0.2, 0.25) is 0 Å². The summed E-state index contributed by atoms with van der Waals surface area (Å²) in [6, 6.07) is 14.1. The minimum absolute atomic E-state index is 0.0335. The fraction of sp³-hybridized carbons (Fsp3) is 0.320. The maximum absolute atomic E-state index is 14.0. The zero-order chi connectivity index (χ0) is 23.0. The molecule has 2 amide bonds. The fourth-order valence-electron chi connectivity index (χ4n) is 4.65. The molecule has 2 heterocycles. The Kier molecular flexibility index (Phi) is 5.60. The number of methoxy groups -OCH3 is 1. The second kappa shape index (κ2) is 8.24. The minimum Gasteiger partial charge on any atom is -0.507 e. The number of anilines is 1. The van der Waals surface area contributed by atoms with Crippen molar-refractivity contribution in [1.82, 2.24) is 4.90 Å². The van der Waals surface area contributed by atoms with Gasteiger partial charge in [0, 0.05) is 31.3 Å². The molecule has 2 aromatic rings. The number of hydrogen-bond donors (Lipinski definition) is 1. The molecule has 1 saturated heterocycles. The molecule has 1 unspecified atom stereocenters. The monoisotopic (exact) mass is 434 g/mol. The van der Waals surface area contributed by atoms with Gasteiger partial charge in [-0.05, 0) is 19.4 Å². The van der Waals surface area contributed by atoms with Crippen molar-refractivity contribution in [1.29, 1.82) is 0 Å². The first-order valence-corrected chi connectivity index (χ1v) is 10.7. The van der Waals surface area contributed by atoms with E-state index in [1.807, 2.05) is 19.9 Å². The molecule has 166 valence electrons.